The van der Waals surface area contributed by atoms with Gasteiger partial charge >= 0.3 is 0 Å². The molecule has 30 heavy (non-hydrogen) atoms. The van der Waals surface area contributed by atoms with E-state index in [2.05, 4.69) is 29.5 Å². The van der Waals surface area contributed by atoms with Gasteiger partial charge in [0.05, 0.1) is 11.2 Å². The second-order valence-electron chi connectivity index (χ2n) is 8.79. The summed E-state index contributed by atoms with van der Waals surface area (Å²) in [5.74, 6) is 0.230. The minimum atomic E-state index is -0.476. The van der Waals surface area contributed by atoms with Crippen LogP contribution in [-0.4, -0.2) is 41.6 Å². The summed E-state index contributed by atoms with van der Waals surface area (Å²) in [5.41, 5.74) is 1.41. The van der Waals surface area contributed by atoms with Crippen LogP contribution in [0, 0.1) is 18.8 Å². The molecule has 1 aliphatic rings. The number of hydrogen-bond donors (Lipinski definition) is 2. The van der Waals surface area contributed by atoms with E-state index in [4.69, 9.17) is 4.74 Å². The largest absolute Gasteiger partial charge is 0.368 e. The van der Waals surface area contributed by atoms with E-state index < -0.39 is 6.10 Å². The van der Waals surface area contributed by atoms with E-state index in [1.807, 2.05) is 37.6 Å². The molecule has 1 fully saturated rings. The number of thiophene rings is 1. The Morgan fingerprint density at radius 1 is 1.27 bits per heavy atom. The predicted octanol–water partition coefficient (Wildman–Crippen LogP) is 4.26. The molecule has 2 N–H and O–H groups in total. The number of carbonyl (C=O) groups is 2. The molecule has 1 saturated carbocycles. The summed E-state index contributed by atoms with van der Waals surface area (Å²) in [7, 11) is 0. The summed E-state index contributed by atoms with van der Waals surface area (Å²) in [4.78, 5) is 30.7. The van der Waals surface area contributed by atoms with Crippen molar-refractivity contribution < 1.29 is 14.3 Å². The van der Waals surface area contributed by atoms with Crippen molar-refractivity contribution in [1.29, 1.82) is 0 Å². The maximum atomic E-state index is 12.9. The van der Waals surface area contributed by atoms with Crippen molar-refractivity contribution in [3.63, 3.8) is 0 Å². The zero-order valence-electron chi connectivity index (χ0n) is 18.3. The molecule has 0 saturated heterocycles. The van der Waals surface area contributed by atoms with Gasteiger partial charge in [0.25, 0.3) is 5.91 Å². The molecule has 1 atom stereocenters. The number of nitrogens with one attached hydrogen (secondary N) is 2. The highest BCUT2D eigenvalue weighted by atomic mass is 32.1. The Balaban J connectivity index is 1.58. The molecule has 8 heteroatoms. The van der Waals surface area contributed by atoms with E-state index in [0.29, 0.717) is 23.9 Å². The molecule has 0 aliphatic heterocycles. The second-order valence-corrected chi connectivity index (χ2v) is 10.6. The Bertz CT molecular complexity index is 870. The molecule has 2 amide bonds. The van der Waals surface area contributed by atoms with Crippen molar-refractivity contribution in [3.05, 3.63) is 27.4 Å². The Hall–Kier alpha value is -1.77. The summed E-state index contributed by atoms with van der Waals surface area (Å²) >= 11 is 3.02. The van der Waals surface area contributed by atoms with Crippen LogP contribution in [-0.2, 0) is 9.53 Å². The summed E-state index contributed by atoms with van der Waals surface area (Å²) in [5, 5.41) is 11.0. The van der Waals surface area contributed by atoms with Gasteiger partial charge in [0.2, 0.25) is 5.91 Å². The molecule has 3 rings (SSSR count). The highest BCUT2D eigenvalue weighted by Crippen LogP contribution is 2.36. The number of amides is 2. The first kappa shape index (κ1) is 22.9. The Morgan fingerprint density at radius 3 is 2.57 bits per heavy atom. The van der Waals surface area contributed by atoms with Gasteiger partial charge in [-0.25, -0.2) is 4.98 Å². The third kappa shape index (κ3) is 5.68. The Morgan fingerprint density at radius 2 is 2.00 bits per heavy atom. The molecular formula is C22H31N3O3S2. The molecule has 1 unspecified atom stereocenters. The number of carbonyl (C=O) groups excluding carboxylic acids is 2. The van der Waals surface area contributed by atoms with Crippen molar-refractivity contribution in [1.82, 2.24) is 15.6 Å². The zero-order valence-corrected chi connectivity index (χ0v) is 19.9. The van der Waals surface area contributed by atoms with Gasteiger partial charge in [0.1, 0.15) is 16.0 Å². The maximum Gasteiger partial charge on any atom is 0.263 e. The number of aryl methyl sites for hydroxylation is 1. The van der Waals surface area contributed by atoms with Crippen LogP contribution >= 0.6 is 22.7 Å². The van der Waals surface area contributed by atoms with Gasteiger partial charge in [-0.05, 0) is 43.0 Å². The maximum absolute atomic E-state index is 12.9. The van der Waals surface area contributed by atoms with E-state index in [-0.39, 0.29) is 23.3 Å². The lowest BCUT2D eigenvalue weighted by Crippen LogP contribution is -2.49. The number of thiazole rings is 1. The molecule has 2 aromatic rings. The normalized spacial score (nSPS) is 16.0. The number of rotatable bonds is 10. The fraction of sp³-hybridized carbons (Fsp3) is 0.591. The Kier molecular flexibility index (Phi) is 7.31. The van der Waals surface area contributed by atoms with Crippen LogP contribution in [0.2, 0.25) is 0 Å². The second kappa shape index (κ2) is 9.58. The van der Waals surface area contributed by atoms with Crippen LogP contribution < -0.4 is 10.6 Å². The van der Waals surface area contributed by atoms with Gasteiger partial charge < -0.3 is 15.4 Å². The lowest BCUT2D eigenvalue weighted by Gasteiger charge is -2.24. The van der Waals surface area contributed by atoms with Crippen molar-refractivity contribution in [2.45, 2.75) is 59.1 Å². The fourth-order valence-corrected chi connectivity index (χ4v) is 4.81. The van der Waals surface area contributed by atoms with E-state index in [0.717, 1.165) is 29.1 Å². The lowest BCUT2D eigenvalue weighted by molar-refractivity contribution is -0.136. The first-order chi connectivity index (χ1) is 14.2. The molecule has 164 valence electrons. The monoisotopic (exact) mass is 449 g/mol. The SMILES string of the molecule is Cc1nc(-c2ccsc2)sc1C(=O)NC1(CNC(=O)C(OCC(C)C)C(C)C)CC1. The molecule has 6 nitrogen and oxygen atoms in total. The van der Waals surface area contributed by atoms with Crippen molar-refractivity contribution in [2.24, 2.45) is 11.8 Å². The number of nitrogens with zero attached hydrogens (tertiary/aromatic N) is 1. The molecule has 0 bridgehead atoms. The highest BCUT2D eigenvalue weighted by Gasteiger charge is 2.45. The number of ether oxygens (including phenoxy) is 1. The third-order valence-electron chi connectivity index (χ3n) is 5.08. The van der Waals surface area contributed by atoms with Gasteiger partial charge in [-0.3, -0.25) is 9.59 Å². The van der Waals surface area contributed by atoms with E-state index in [9.17, 15) is 9.59 Å². The molecule has 2 heterocycles. The minimum absolute atomic E-state index is 0.0869. The molecule has 1 aliphatic carbocycles. The molecule has 0 spiro atoms. The molecule has 0 aromatic carbocycles. The average Bonchev–Trinajstić information content (AvgIpc) is 3.06. The topological polar surface area (TPSA) is 80.3 Å². The van der Waals surface area contributed by atoms with E-state index in [1.165, 1.54) is 11.3 Å². The van der Waals surface area contributed by atoms with Gasteiger partial charge in [-0.15, -0.1) is 11.3 Å². The molecule has 0 radical (unpaired) electrons. The summed E-state index contributed by atoms with van der Waals surface area (Å²) < 4.78 is 5.81. The third-order valence-corrected chi connectivity index (χ3v) is 6.97. The van der Waals surface area contributed by atoms with Gasteiger partial charge in [0.15, 0.2) is 0 Å². The Labute approximate surface area is 186 Å². The lowest BCUT2D eigenvalue weighted by atomic mass is 10.1. The number of hydrogen-bond acceptors (Lipinski definition) is 6. The van der Waals surface area contributed by atoms with E-state index in [1.54, 1.807) is 11.3 Å². The van der Waals surface area contributed by atoms with Crippen LogP contribution in [0.25, 0.3) is 10.6 Å². The standard InChI is InChI=1S/C22H31N3O3S2/c1-13(2)10-28-17(14(3)4)19(26)23-12-22(7-8-22)25-20(27)18-15(5)24-21(30-18)16-6-9-29-11-16/h6,9,11,13-14,17H,7-8,10,12H2,1-5H3,(H,23,26)(H,25,27). The van der Waals surface area contributed by atoms with Crippen molar-refractivity contribution >= 4 is 34.5 Å². The molecule has 2 aromatic heterocycles. The number of aromatic nitrogens is 1. The zero-order chi connectivity index (χ0) is 21.9. The smallest absolute Gasteiger partial charge is 0.263 e. The first-order valence-corrected chi connectivity index (χ1v) is 12.2. The fourth-order valence-electron chi connectivity index (χ4n) is 3.14. The van der Waals surface area contributed by atoms with Crippen LogP contribution in [0.4, 0.5) is 0 Å². The quantitative estimate of drug-likeness (QED) is 0.568. The summed E-state index contributed by atoms with van der Waals surface area (Å²) in [6.07, 6.45) is 1.23. The van der Waals surface area contributed by atoms with Crippen molar-refractivity contribution in [2.75, 3.05) is 13.2 Å². The van der Waals surface area contributed by atoms with Crippen LogP contribution in [0.15, 0.2) is 16.8 Å². The summed E-state index contributed by atoms with van der Waals surface area (Å²) in [6.45, 7) is 10.9. The minimum Gasteiger partial charge on any atom is -0.368 e. The van der Waals surface area contributed by atoms with Gasteiger partial charge in [-0.1, -0.05) is 27.7 Å². The molecular weight excluding hydrogens is 418 g/mol. The van der Waals surface area contributed by atoms with Crippen LogP contribution in [0.1, 0.15) is 55.9 Å². The average molecular weight is 450 g/mol. The first-order valence-electron chi connectivity index (χ1n) is 10.4. The predicted molar refractivity (Wildman–Crippen MR) is 122 cm³/mol. The highest BCUT2D eigenvalue weighted by molar-refractivity contribution is 7.17. The van der Waals surface area contributed by atoms with E-state index >= 15 is 0 Å². The summed E-state index contributed by atoms with van der Waals surface area (Å²) in [6, 6.07) is 2.01. The van der Waals surface area contributed by atoms with Crippen LogP contribution in [0.3, 0.4) is 0 Å². The van der Waals surface area contributed by atoms with Gasteiger partial charge in [-0.2, -0.15) is 11.3 Å². The van der Waals surface area contributed by atoms with Crippen LogP contribution in [0.5, 0.6) is 0 Å². The van der Waals surface area contributed by atoms with Crippen molar-refractivity contribution in [3.8, 4) is 10.6 Å². The van der Waals surface area contributed by atoms with Gasteiger partial charge in [0, 0.05) is 24.1 Å².